The fourth-order valence-electron chi connectivity index (χ4n) is 3.04. The number of amides is 4. The van der Waals surface area contributed by atoms with E-state index in [1.165, 1.54) is 26.3 Å². The molecule has 0 radical (unpaired) electrons. The molecule has 0 saturated heterocycles. The van der Waals surface area contributed by atoms with Crippen molar-refractivity contribution in [3.8, 4) is 0 Å². The first-order chi connectivity index (χ1) is 21.5. The summed E-state index contributed by atoms with van der Waals surface area (Å²) >= 11 is 0. The lowest BCUT2D eigenvalue weighted by molar-refractivity contribution is -0.131. The van der Waals surface area contributed by atoms with Crippen molar-refractivity contribution in [2.75, 3.05) is 46.8 Å². The van der Waals surface area contributed by atoms with E-state index in [0.29, 0.717) is 44.6 Å². The summed E-state index contributed by atoms with van der Waals surface area (Å²) in [6.45, 7) is 14.3. The summed E-state index contributed by atoms with van der Waals surface area (Å²) < 4.78 is 0. The molecule has 268 valence electrons. The molecule has 15 heteroatoms. The first kappa shape index (κ1) is 51.3. The van der Waals surface area contributed by atoms with Gasteiger partial charge in [0.15, 0.2) is 0 Å². The Labute approximate surface area is 273 Å². The number of nitrogens with two attached hydrogens (primary N) is 4. The van der Waals surface area contributed by atoms with Crippen molar-refractivity contribution in [3.63, 3.8) is 0 Å². The molecule has 15 nitrogen and oxygen atoms in total. The van der Waals surface area contributed by atoms with Crippen LogP contribution in [0.5, 0.6) is 0 Å². The van der Waals surface area contributed by atoms with Crippen LogP contribution in [-0.2, 0) is 19.2 Å². The van der Waals surface area contributed by atoms with E-state index in [-0.39, 0.29) is 24.8 Å². The van der Waals surface area contributed by atoms with E-state index in [0.717, 1.165) is 25.8 Å². The zero-order valence-corrected chi connectivity index (χ0v) is 29.5. The van der Waals surface area contributed by atoms with E-state index in [1.807, 2.05) is 20.9 Å². The third-order valence-electron chi connectivity index (χ3n) is 5.31. The van der Waals surface area contributed by atoms with E-state index in [9.17, 15) is 19.2 Å². The van der Waals surface area contributed by atoms with Crippen LogP contribution in [0.3, 0.4) is 0 Å². The average molecular weight is 648 g/mol. The molecule has 2 atom stereocenters. The van der Waals surface area contributed by atoms with Gasteiger partial charge >= 0.3 is 0 Å². The number of amidine groups is 1. The quantitative estimate of drug-likeness (QED) is 0.0529. The van der Waals surface area contributed by atoms with Crippen molar-refractivity contribution in [1.29, 1.82) is 5.41 Å². The second kappa shape index (κ2) is 42.8. The van der Waals surface area contributed by atoms with E-state index < -0.39 is 23.9 Å². The summed E-state index contributed by atoms with van der Waals surface area (Å²) in [5.74, 6) is -1.08. The summed E-state index contributed by atoms with van der Waals surface area (Å²) in [6, 6.07) is -1.48. The molecule has 0 aromatic carbocycles. The molecule has 2 unspecified atom stereocenters. The van der Waals surface area contributed by atoms with Gasteiger partial charge in [0.05, 0.1) is 18.7 Å². The van der Waals surface area contributed by atoms with Crippen molar-refractivity contribution in [2.24, 2.45) is 27.9 Å². The predicted octanol–water partition coefficient (Wildman–Crippen LogP) is 0.454. The Balaban J connectivity index is -0.000000294. The minimum Gasteiger partial charge on any atom is -0.390 e. The van der Waals surface area contributed by atoms with E-state index in [2.05, 4.69) is 51.2 Å². The molecule has 0 saturated carbocycles. The third-order valence-corrected chi connectivity index (χ3v) is 5.31. The summed E-state index contributed by atoms with van der Waals surface area (Å²) in [5, 5.41) is 19.2. The minimum absolute atomic E-state index is 0.248. The van der Waals surface area contributed by atoms with Gasteiger partial charge in [-0.2, -0.15) is 0 Å². The van der Waals surface area contributed by atoms with Gasteiger partial charge in [0.25, 0.3) is 0 Å². The number of nitrogens with zero attached hydrogens (tertiary/aromatic N) is 1. The topological polar surface area (TPSA) is 269 Å². The molecule has 0 aliphatic heterocycles. The Bertz CT molecular complexity index is 725. The molecule has 0 aromatic rings. The first-order valence-electron chi connectivity index (χ1n) is 16.1. The molecule has 0 rings (SSSR count). The Morgan fingerprint density at radius 1 is 0.822 bits per heavy atom. The number of unbranched alkanes of at least 4 members (excludes halogenated alkanes) is 2. The van der Waals surface area contributed by atoms with Crippen LogP contribution in [-0.4, -0.2) is 94.7 Å². The number of nitrogens with one attached hydrogen (secondary N) is 6. The normalized spacial score (nSPS) is 11.0. The van der Waals surface area contributed by atoms with Gasteiger partial charge in [-0.15, -0.1) is 0 Å². The SMILES string of the molecule is CC.CCC(=O)NC(CCCCN)C(=O)NCC(=O)NC(CCCN=C(C)N)C(=O)NC.CCCCN.CCCNC.N=CN. The number of rotatable bonds is 19. The standard InChI is InChI=1S/C19H37N7O4.2C4H11N.C2H6.CH4N2/c1-4-16(27)25-15(8-5-6-10-20)19(30)24-12-17(28)26-14(18(29)22-3)9-7-11-23-13(2)21;1-3-4-5-2;1-2-3-4-5;1-2;2-1-3/h14-15H,4-12,20H2,1-3H3,(H2,21,23)(H,22,29)(H,24,30)(H,25,27)(H,26,28);5H,3-4H2,1-2H3;2-5H2,1H3;1-2H3;1H,(H3,2,3). The fraction of sp³-hybridized carbons (Fsp3) is 0.800. The minimum atomic E-state index is -0.743. The maximum absolute atomic E-state index is 12.4. The van der Waals surface area contributed by atoms with Crippen LogP contribution < -0.4 is 49.5 Å². The van der Waals surface area contributed by atoms with Crippen molar-refractivity contribution in [1.82, 2.24) is 26.6 Å². The predicted molar refractivity (Wildman–Crippen MR) is 188 cm³/mol. The Morgan fingerprint density at radius 2 is 1.33 bits per heavy atom. The monoisotopic (exact) mass is 648 g/mol. The molecular weight excluding hydrogens is 578 g/mol. The van der Waals surface area contributed by atoms with Crippen LogP contribution in [0.15, 0.2) is 4.99 Å². The molecule has 14 N–H and O–H groups in total. The van der Waals surface area contributed by atoms with Crippen LogP contribution in [0.1, 0.15) is 99.3 Å². The molecule has 0 aliphatic rings. The molecule has 0 aliphatic carbocycles. The highest BCUT2D eigenvalue weighted by molar-refractivity contribution is 5.92. The van der Waals surface area contributed by atoms with Gasteiger partial charge in [0.2, 0.25) is 23.6 Å². The Hall–Kier alpha value is -3.30. The molecule has 4 amide bonds. The number of aliphatic imine (C=N–C) groups is 1. The lowest BCUT2D eigenvalue weighted by Crippen LogP contribution is -2.51. The molecule has 0 aromatic heterocycles. The van der Waals surface area contributed by atoms with Gasteiger partial charge in [-0.3, -0.25) is 29.6 Å². The molecule has 0 bridgehead atoms. The second-order valence-corrected chi connectivity index (χ2v) is 9.29. The van der Waals surface area contributed by atoms with Crippen LogP contribution in [0.25, 0.3) is 0 Å². The van der Waals surface area contributed by atoms with Gasteiger partial charge in [0.1, 0.15) is 12.1 Å². The summed E-state index contributed by atoms with van der Waals surface area (Å²) in [7, 11) is 3.44. The van der Waals surface area contributed by atoms with Crippen LogP contribution in [0.2, 0.25) is 0 Å². The highest BCUT2D eigenvalue weighted by atomic mass is 16.2. The lowest BCUT2D eigenvalue weighted by Gasteiger charge is -2.19. The Morgan fingerprint density at radius 3 is 1.71 bits per heavy atom. The summed E-state index contributed by atoms with van der Waals surface area (Å²) in [5.41, 5.74) is 20.5. The number of likely N-dealkylation sites (N-methyl/N-ethyl adjacent to an activating group) is 1. The summed E-state index contributed by atoms with van der Waals surface area (Å²) in [6.07, 6.45) is 7.39. The number of carbonyl (C=O) groups excluding carboxylic acids is 4. The van der Waals surface area contributed by atoms with E-state index in [1.54, 1.807) is 13.8 Å². The molecular formula is C30H69N11O4. The van der Waals surface area contributed by atoms with E-state index >= 15 is 0 Å². The van der Waals surface area contributed by atoms with Crippen LogP contribution in [0.4, 0.5) is 0 Å². The lowest BCUT2D eigenvalue weighted by atomic mass is 10.1. The van der Waals surface area contributed by atoms with Crippen LogP contribution >= 0.6 is 0 Å². The van der Waals surface area contributed by atoms with Crippen molar-refractivity contribution in [3.05, 3.63) is 0 Å². The first-order valence-corrected chi connectivity index (χ1v) is 16.1. The third kappa shape index (κ3) is 42.9. The highest BCUT2D eigenvalue weighted by Gasteiger charge is 2.22. The van der Waals surface area contributed by atoms with Gasteiger partial charge in [-0.05, 0) is 78.6 Å². The highest BCUT2D eigenvalue weighted by Crippen LogP contribution is 2.02. The van der Waals surface area contributed by atoms with E-state index in [4.69, 9.17) is 22.6 Å². The van der Waals surface area contributed by atoms with Crippen molar-refractivity contribution in [2.45, 2.75) is 111 Å². The number of carbonyl (C=O) groups is 4. The van der Waals surface area contributed by atoms with Gasteiger partial charge in [0, 0.05) is 20.0 Å². The van der Waals surface area contributed by atoms with Crippen LogP contribution in [0, 0.1) is 5.41 Å². The average Bonchev–Trinajstić information content (AvgIpc) is 3.03. The summed E-state index contributed by atoms with van der Waals surface area (Å²) in [4.78, 5) is 52.3. The number of hydrogen-bond acceptors (Lipinski definition) is 9. The molecule has 0 heterocycles. The zero-order valence-electron chi connectivity index (χ0n) is 29.5. The maximum atomic E-state index is 12.4. The second-order valence-electron chi connectivity index (χ2n) is 9.29. The van der Waals surface area contributed by atoms with Gasteiger partial charge < -0.3 is 49.5 Å². The molecule has 0 fully saturated rings. The molecule has 0 spiro atoms. The van der Waals surface area contributed by atoms with Crippen molar-refractivity contribution < 1.29 is 19.2 Å². The number of hydrogen-bond donors (Lipinski definition) is 10. The molecule has 45 heavy (non-hydrogen) atoms. The Kier molecular flexibility index (Phi) is 48.8. The van der Waals surface area contributed by atoms with Gasteiger partial charge in [-0.1, -0.05) is 41.0 Å². The largest absolute Gasteiger partial charge is 0.390 e. The smallest absolute Gasteiger partial charge is 0.243 e. The maximum Gasteiger partial charge on any atom is 0.243 e. The fourth-order valence-corrected chi connectivity index (χ4v) is 3.04. The zero-order chi connectivity index (χ0) is 35.9. The van der Waals surface area contributed by atoms with Crippen molar-refractivity contribution >= 4 is 35.8 Å². The van der Waals surface area contributed by atoms with Gasteiger partial charge in [-0.25, -0.2) is 0 Å².